The summed E-state index contributed by atoms with van der Waals surface area (Å²) in [5, 5.41) is 0. The molecule has 2 aromatic carbocycles. The number of benzene rings is 2. The van der Waals surface area contributed by atoms with Gasteiger partial charge in [0.05, 0.1) is 0 Å². The minimum absolute atomic E-state index is 0.142. The number of carbonyl (C=O) groups excluding carboxylic acids is 1. The van der Waals surface area contributed by atoms with Crippen molar-refractivity contribution in [2.24, 2.45) is 0 Å². The second-order valence-electron chi connectivity index (χ2n) is 6.70. The minimum atomic E-state index is -0.703. The number of aromatic nitrogens is 1. The summed E-state index contributed by atoms with van der Waals surface area (Å²) in [6.45, 7) is 4.63. The number of ether oxygens (including phenoxy) is 1. The highest BCUT2D eigenvalue weighted by atomic mass is 19.1. The number of hydrogen-bond donors (Lipinski definition) is 0. The molecular weight excluding hydrogens is 355 g/mol. The first kappa shape index (κ1) is 19.5. The standard InChI is InChI=1S/C23H23FN2O2/c1-17-6-3-4-8-20(17)16-26(15-19-7-5-13-25-14-19)23(27)18(2)28-22-11-9-21(24)10-12-22/h3-14,18H,15-16H2,1-2H3. The van der Waals surface area contributed by atoms with Crippen LogP contribution in [0.5, 0.6) is 5.75 Å². The molecule has 0 aliphatic rings. The van der Waals surface area contributed by atoms with Crippen LogP contribution in [0.4, 0.5) is 4.39 Å². The highest BCUT2D eigenvalue weighted by Crippen LogP contribution is 2.18. The number of nitrogens with zero attached hydrogens (tertiary/aromatic N) is 2. The van der Waals surface area contributed by atoms with Gasteiger partial charge in [0.2, 0.25) is 0 Å². The van der Waals surface area contributed by atoms with Gasteiger partial charge in [-0.1, -0.05) is 30.3 Å². The van der Waals surface area contributed by atoms with E-state index in [4.69, 9.17) is 4.74 Å². The molecule has 0 N–H and O–H groups in total. The lowest BCUT2D eigenvalue weighted by Gasteiger charge is -2.27. The molecular formula is C23H23FN2O2. The molecule has 0 spiro atoms. The van der Waals surface area contributed by atoms with Gasteiger partial charge in [0.25, 0.3) is 5.91 Å². The Bertz CT molecular complexity index is 913. The summed E-state index contributed by atoms with van der Waals surface area (Å²) in [4.78, 5) is 19.0. The zero-order valence-electron chi connectivity index (χ0n) is 16.0. The first-order valence-electron chi connectivity index (χ1n) is 9.17. The van der Waals surface area contributed by atoms with Crippen molar-refractivity contribution < 1.29 is 13.9 Å². The minimum Gasteiger partial charge on any atom is -0.481 e. The molecule has 1 heterocycles. The summed E-state index contributed by atoms with van der Waals surface area (Å²) in [5.41, 5.74) is 3.14. The summed E-state index contributed by atoms with van der Waals surface area (Å²) in [5.74, 6) is -0.0278. The average molecular weight is 378 g/mol. The van der Waals surface area contributed by atoms with Gasteiger partial charge in [-0.25, -0.2) is 4.39 Å². The third-order valence-corrected chi connectivity index (χ3v) is 4.50. The van der Waals surface area contributed by atoms with Crippen LogP contribution in [0.25, 0.3) is 0 Å². The monoisotopic (exact) mass is 378 g/mol. The highest BCUT2D eigenvalue weighted by molar-refractivity contribution is 5.81. The maximum Gasteiger partial charge on any atom is 0.263 e. The van der Waals surface area contributed by atoms with Gasteiger partial charge in [-0.3, -0.25) is 9.78 Å². The molecule has 0 bridgehead atoms. The summed E-state index contributed by atoms with van der Waals surface area (Å²) < 4.78 is 18.8. The number of halogens is 1. The Morgan fingerprint density at radius 3 is 2.50 bits per heavy atom. The normalized spacial score (nSPS) is 11.7. The van der Waals surface area contributed by atoms with Crippen LogP contribution in [-0.2, 0) is 17.9 Å². The van der Waals surface area contributed by atoms with Crippen molar-refractivity contribution in [1.29, 1.82) is 0 Å². The molecule has 1 amide bonds. The van der Waals surface area contributed by atoms with Crippen LogP contribution in [0.2, 0.25) is 0 Å². The molecule has 3 aromatic rings. The maximum atomic E-state index is 13.1. The van der Waals surface area contributed by atoms with E-state index in [2.05, 4.69) is 4.98 Å². The van der Waals surface area contributed by atoms with E-state index in [0.717, 1.165) is 16.7 Å². The van der Waals surface area contributed by atoms with Crippen molar-refractivity contribution in [2.45, 2.75) is 33.0 Å². The fourth-order valence-corrected chi connectivity index (χ4v) is 2.94. The lowest BCUT2D eigenvalue weighted by molar-refractivity contribution is -0.139. The fraction of sp³-hybridized carbons (Fsp3) is 0.217. The lowest BCUT2D eigenvalue weighted by Crippen LogP contribution is -2.39. The number of hydrogen-bond acceptors (Lipinski definition) is 3. The van der Waals surface area contributed by atoms with Crippen molar-refractivity contribution in [1.82, 2.24) is 9.88 Å². The molecule has 3 rings (SSSR count). The van der Waals surface area contributed by atoms with E-state index in [1.54, 1.807) is 24.2 Å². The quantitative estimate of drug-likeness (QED) is 0.607. The van der Waals surface area contributed by atoms with Crippen molar-refractivity contribution in [2.75, 3.05) is 0 Å². The molecule has 1 atom stereocenters. The largest absolute Gasteiger partial charge is 0.481 e. The van der Waals surface area contributed by atoms with Gasteiger partial charge in [-0.2, -0.15) is 0 Å². The maximum absolute atomic E-state index is 13.1. The van der Waals surface area contributed by atoms with Crippen molar-refractivity contribution in [3.05, 3.63) is 95.6 Å². The Kier molecular flexibility index (Phi) is 6.37. The van der Waals surface area contributed by atoms with Gasteiger partial charge in [-0.05, 0) is 60.9 Å². The molecule has 5 heteroatoms. The summed E-state index contributed by atoms with van der Waals surface area (Å²) in [6.07, 6.45) is 2.76. The average Bonchev–Trinajstić information content (AvgIpc) is 2.71. The topological polar surface area (TPSA) is 42.4 Å². The van der Waals surface area contributed by atoms with E-state index in [1.807, 2.05) is 43.3 Å². The van der Waals surface area contributed by atoms with Crippen LogP contribution in [0.3, 0.4) is 0 Å². The highest BCUT2D eigenvalue weighted by Gasteiger charge is 2.23. The molecule has 144 valence electrons. The third-order valence-electron chi connectivity index (χ3n) is 4.50. The van der Waals surface area contributed by atoms with Crippen molar-refractivity contribution in [3.8, 4) is 5.75 Å². The molecule has 4 nitrogen and oxygen atoms in total. The third kappa shape index (κ3) is 5.16. The lowest BCUT2D eigenvalue weighted by atomic mass is 10.1. The van der Waals surface area contributed by atoms with E-state index >= 15 is 0 Å². The van der Waals surface area contributed by atoms with Gasteiger partial charge in [-0.15, -0.1) is 0 Å². The molecule has 0 saturated carbocycles. The van der Waals surface area contributed by atoms with Gasteiger partial charge in [0.15, 0.2) is 6.10 Å². The summed E-state index contributed by atoms with van der Waals surface area (Å²) >= 11 is 0. The van der Waals surface area contributed by atoms with E-state index in [0.29, 0.717) is 18.8 Å². The van der Waals surface area contributed by atoms with Crippen LogP contribution in [0, 0.1) is 12.7 Å². The second kappa shape index (κ2) is 9.13. The van der Waals surface area contributed by atoms with Crippen LogP contribution in [0.15, 0.2) is 73.1 Å². The fourth-order valence-electron chi connectivity index (χ4n) is 2.94. The van der Waals surface area contributed by atoms with Crippen LogP contribution in [0.1, 0.15) is 23.6 Å². The number of amides is 1. The van der Waals surface area contributed by atoms with Crippen molar-refractivity contribution in [3.63, 3.8) is 0 Å². The number of rotatable bonds is 7. The molecule has 0 saturated heterocycles. The Balaban J connectivity index is 1.78. The van der Waals surface area contributed by atoms with Gasteiger partial charge >= 0.3 is 0 Å². The van der Waals surface area contributed by atoms with Gasteiger partial charge < -0.3 is 9.64 Å². The smallest absolute Gasteiger partial charge is 0.263 e. The Hall–Kier alpha value is -3.21. The molecule has 0 radical (unpaired) electrons. The molecule has 1 aromatic heterocycles. The molecule has 0 fully saturated rings. The van der Waals surface area contributed by atoms with Crippen LogP contribution in [-0.4, -0.2) is 21.9 Å². The predicted molar refractivity (Wildman–Crippen MR) is 106 cm³/mol. The molecule has 1 unspecified atom stereocenters. The zero-order chi connectivity index (χ0) is 19.9. The van der Waals surface area contributed by atoms with E-state index in [-0.39, 0.29) is 11.7 Å². The number of carbonyl (C=O) groups is 1. The van der Waals surface area contributed by atoms with Gasteiger partial charge in [0, 0.05) is 25.5 Å². The van der Waals surface area contributed by atoms with Crippen LogP contribution < -0.4 is 4.74 Å². The number of pyridine rings is 1. The Morgan fingerprint density at radius 2 is 1.82 bits per heavy atom. The molecule has 0 aliphatic carbocycles. The predicted octanol–water partition coefficient (Wildman–Crippen LogP) is 4.53. The van der Waals surface area contributed by atoms with Crippen LogP contribution >= 0.6 is 0 Å². The first-order valence-corrected chi connectivity index (χ1v) is 9.17. The summed E-state index contributed by atoms with van der Waals surface area (Å²) in [6, 6.07) is 17.4. The Labute approximate surface area is 164 Å². The first-order chi connectivity index (χ1) is 13.5. The Morgan fingerprint density at radius 1 is 1.07 bits per heavy atom. The molecule has 0 aliphatic heterocycles. The second-order valence-corrected chi connectivity index (χ2v) is 6.70. The molecule has 28 heavy (non-hydrogen) atoms. The van der Waals surface area contributed by atoms with Crippen molar-refractivity contribution >= 4 is 5.91 Å². The van der Waals surface area contributed by atoms with E-state index in [9.17, 15) is 9.18 Å². The van der Waals surface area contributed by atoms with E-state index < -0.39 is 6.10 Å². The van der Waals surface area contributed by atoms with Gasteiger partial charge in [0.1, 0.15) is 11.6 Å². The zero-order valence-corrected chi connectivity index (χ0v) is 16.0. The van der Waals surface area contributed by atoms with E-state index in [1.165, 1.54) is 24.3 Å². The SMILES string of the molecule is Cc1ccccc1CN(Cc1cccnc1)C(=O)C(C)Oc1ccc(F)cc1. The number of aryl methyl sites for hydroxylation is 1. The summed E-state index contributed by atoms with van der Waals surface area (Å²) in [7, 11) is 0.